The zero-order chi connectivity index (χ0) is 14.4. The van der Waals surface area contributed by atoms with Gasteiger partial charge in [-0.15, -0.1) is 0 Å². The Labute approximate surface area is 123 Å². The molecule has 1 heterocycles. The Balaban J connectivity index is 1.58. The zero-order valence-corrected chi connectivity index (χ0v) is 13.0. The van der Waals surface area contributed by atoms with Gasteiger partial charge in [0.25, 0.3) is 0 Å². The number of likely N-dealkylation sites (tertiary alicyclic amines) is 1. The first-order valence-electron chi connectivity index (χ1n) is 8.05. The molecule has 0 aromatic heterocycles. The van der Waals surface area contributed by atoms with E-state index in [4.69, 9.17) is 4.74 Å². The third-order valence-electron chi connectivity index (χ3n) is 4.52. The molecule has 0 radical (unpaired) electrons. The van der Waals surface area contributed by atoms with E-state index >= 15 is 0 Å². The predicted octanol–water partition coefficient (Wildman–Crippen LogP) is 2.16. The van der Waals surface area contributed by atoms with Crippen LogP contribution in [0.5, 0.6) is 0 Å². The number of methoxy groups -OCH3 is 1. The van der Waals surface area contributed by atoms with Crippen molar-refractivity contribution in [2.45, 2.75) is 57.0 Å². The van der Waals surface area contributed by atoms with Crippen molar-refractivity contribution in [3.05, 3.63) is 0 Å². The summed E-state index contributed by atoms with van der Waals surface area (Å²) in [7, 11) is 1.79. The molecule has 1 aliphatic carbocycles. The van der Waals surface area contributed by atoms with Crippen molar-refractivity contribution in [3.8, 4) is 6.07 Å². The van der Waals surface area contributed by atoms with Crippen molar-refractivity contribution >= 4 is 0 Å². The summed E-state index contributed by atoms with van der Waals surface area (Å²) in [4.78, 5) is 2.54. The van der Waals surface area contributed by atoms with Gasteiger partial charge in [-0.1, -0.05) is 0 Å². The Bertz CT molecular complexity index is 337. The monoisotopic (exact) mass is 279 g/mol. The second-order valence-corrected chi connectivity index (χ2v) is 6.73. The Hall–Kier alpha value is -0.630. The molecule has 4 nitrogen and oxygen atoms in total. The van der Waals surface area contributed by atoms with Crippen LogP contribution < -0.4 is 5.32 Å². The van der Waals surface area contributed by atoms with Gasteiger partial charge in [-0.05, 0) is 64.5 Å². The van der Waals surface area contributed by atoms with Gasteiger partial charge >= 0.3 is 0 Å². The second-order valence-electron chi connectivity index (χ2n) is 6.73. The molecule has 2 fully saturated rings. The third kappa shape index (κ3) is 5.05. The lowest BCUT2D eigenvalue weighted by molar-refractivity contribution is 0.153. The molecule has 2 rings (SSSR count). The van der Waals surface area contributed by atoms with E-state index in [1.54, 1.807) is 7.11 Å². The number of hydrogen-bond donors (Lipinski definition) is 1. The summed E-state index contributed by atoms with van der Waals surface area (Å²) in [6.07, 6.45) is 7.05. The van der Waals surface area contributed by atoms with E-state index in [0.29, 0.717) is 6.04 Å². The van der Waals surface area contributed by atoms with Crippen LogP contribution in [-0.2, 0) is 4.74 Å². The maximum atomic E-state index is 9.33. The maximum Gasteiger partial charge on any atom is 0.104 e. The standard InChI is InChI=1S/C16H29N3O/c1-16(13-17,18-15-5-6-15)8-3-4-9-19-10-7-14(11-19)12-20-2/h14-15,18H,3-12H2,1-2H3. The Morgan fingerprint density at radius 3 is 2.80 bits per heavy atom. The highest BCUT2D eigenvalue weighted by atomic mass is 16.5. The number of rotatable bonds is 9. The van der Waals surface area contributed by atoms with Gasteiger partial charge in [0.2, 0.25) is 0 Å². The molecule has 20 heavy (non-hydrogen) atoms. The molecule has 1 N–H and O–H groups in total. The molecule has 1 saturated heterocycles. The summed E-state index contributed by atoms with van der Waals surface area (Å²) >= 11 is 0. The molecule has 1 saturated carbocycles. The Kier molecular flexibility index (Phi) is 5.83. The van der Waals surface area contributed by atoms with Crippen molar-refractivity contribution in [2.24, 2.45) is 5.92 Å². The lowest BCUT2D eigenvalue weighted by Gasteiger charge is -2.24. The fourth-order valence-electron chi connectivity index (χ4n) is 3.14. The summed E-state index contributed by atoms with van der Waals surface area (Å²) < 4.78 is 5.23. The van der Waals surface area contributed by atoms with Crippen LogP contribution in [0.4, 0.5) is 0 Å². The van der Waals surface area contributed by atoms with Crippen LogP contribution in [0.1, 0.15) is 45.4 Å². The van der Waals surface area contributed by atoms with Gasteiger partial charge in [-0.2, -0.15) is 5.26 Å². The lowest BCUT2D eigenvalue weighted by Crippen LogP contribution is -2.42. The summed E-state index contributed by atoms with van der Waals surface area (Å²) in [5, 5.41) is 12.8. The molecule has 2 aliphatic rings. The topological polar surface area (TPSA) is 48.3 Å². The SMILES string of the molecule is COCC1CCN(CCCCC(C)(C#N)NC2CC2)C1. The number of ether oxygens (including phenoxy) is 1. The summed E-state index contributed by atoms with van der Waals surface area (Å²) in [5.74, 6) is 0.723. The third-order valence-corrected chi connectivity index (χ3v) is 4.52. The van der Waals surface area contributed by atoms with Gasteiger partial charge in [0.1, 0.15) is 5.54 Å². The average molecular weight is 279 g/mol. The molecule has 0 amide bonds. The number of unbranched alkanes of at least 4 members (excludes halogenated alkanes) is 1. The van der Waals surface area contributed by atoms with Gasteiger partial charge < -0.3 is 9.64 Å². The van der Waals surface area contributed by atoms with E-state index in [-0.39, 0.29) is 5.54 Å². The van der Waals surface area contributed by atoms with Crippen LogP contribution in [0, 0.1) is 17.2 Å². The van der Waals surface area contributed by atoms with Crippen LogP contribution in [0.2, 0.25) is 0 Å². The molecule has 0 spiro atoms. The van der Waals surface area contributed by atoms with E-state index in [1.165, 1.54) is 45.3 Å². The van der Waals surface area contributed by atoms with E-state index in [2.05, 4.69) is 23.2 Å². The first kappa shape index (κ1) is 15.8. The van der Waals surface area contributed by atoms with Crippen LogP contribution in [0.3, 0.4) is 0 Å². The summed E-state index contributed by atoms with van der Waals surface area (Å²) in [5.41, 5.74) is -0.315. The molecule has 0 bridgehead atoms. The predicted molar refractivity (Wildman–Crippen MR) is 80.4 cm³/mol. The van der Waals surface area contributed by atoms with Crippen molar-refractivity contribution in [3.63, 3.8) is 0 Å². The zero-order valence-electron chi connectivity index (χ0n) is 13.0. The second kappa shape index (κ2) is 7.40. The molecular weight excluding hydrogens is 250 g/mol. The average Bonchev–Trinajstić information content (AvgIpc) is 3.13. The van der Waals surface area contributed by atoms with E-state index < -0.39 is 0 Å². The van der Waals surface area contributed by atoms with Crippen molar-refractivity contribution in [2.75, 3.05) is 33.4 Å². The minimum Gasteiger partial charge on any atom is -0.384 e. The van der Waals surface area contributed by atoms with E-state index in [0.717, 1.165) is 25.4 Å². The van der Waals surface area contributed by atoms with Crippen molar-refractivity contribution in [1.82, 2.24) is 10.2 Å². The van der Waals surface area contributed by atoms with Crippen LogP contribution in [0.25, 0.3) is 0 Å². The fraction of sp³-hybridized carbons (Fsp3) is 0.938. The summed E-state index contributed by atoms with van der Waals surface area (Å²) in [6, 6.07) is 3.07. The van der Waals surface area contributed by atoms with Crippen molar-refractivity contribution in [1.29, 1.82) is 5.26 Å². The number of hydrogen-bond acceptors (Lipinski definition) is 4. The highest BCUT2D eigenvalue weighted by molar-refractivity contribution is 5.06. The lowest BCUT2D eigenvalue weighted by atomic mass is 9.96. The first-order valence-corrected chi connectivity index (χ1v) is 8.05. The first-order chi connectivity index (χ1) is 9.65. The van der Waals surface area contributed by atoms with Crippen LogP contribution in [0.15, 0.2) is 0 Å². The largest absolute Gasteiger partial charge is 0.384 e. The number of nitrogens with one attached hydrogen (secondary N) is 1. The quantitative estimate of drug-likeness (QED) is 0.657. The molecule has 114 valence electrons. The molecule has 1 aliphatic heterocycles. The van der Waals surface area contributed by atoms with Gasteiger partial charge in [0, 0.05) is 19.7 Å². The molecule has 4 heteroatoms. The molecule has 2 unspecified atom stereocenters. The molecule has 2 atom stereocenters. The molecule has 0 aromatic carbocycles. The minimum absolute atomic E-state index is 0.315. The van der Waals surface area contributed by atoms with Gasteiger partial charge in [-0.25, -0.2) is 0 Å². The fourth-order valence-corrected chi connectivity index (χ4v) is 3.14. The smallest absolute Gasteiger partial charge is 0.104 e. The highest BCUT2D eigenvalue weighted by Crippen LogP contribution is 2.25. The highest BCUT2D eigenvalue weighted by Gasteiger charge is 2.32. The number of nitrogens with zero attached hydrogens (tertiary/aromatic N) is 2. The van der Waals surface area contributed by atoms with Gasteiger partial charge in [0.15, 0.2) is 0 Å². The summed E-state index contributed by atoms with van der Waals surface area (Å²) in [6.45, 7) is 6.52. The Morgan fingerprint density at radius 2 is 2.15 bits per heavy atom. The number of nitriles is 1. The van der Waals surface area contributed by atoms with E-state index in [9.17, 15) is 5.26 Å². The van der Waals surface area contributed by atoms with Gasteiger partial charge in [0.05, 0.1) is 12.7 Å². The molecule has 0 aromatic rings. The minimum atomic E-state index is -0.315. The Morgan fingerprint density at radius 1 is 1.35 bits per heavy atom. The van der Waals surface area contributed by atoms with Crippen molar-refractivity contribution < 1.29 is 4.74 Å². The van der Waals surface area contributed by atoms with Crippen LogP contribution >= 0.6 is 0 Å². The maximum absolute atomic E-state index is 9.33. The van der Waals surface area contributed by atoms with Crippen LogP contribution in [-0.4, -0.2) is 49.8 Å². The van der Waals surface area contributed by atoms with Gasteiger partial charge in [-0.3, -0.25) is 5.32 Å². The molecular formula is C16H29N3O. The van der Waals surface area contributed by atoms with E-state index in [1.807, 2.05) is 0 Å². The normalized spacial score (nSPS) is 26.4.